The van der Waals surface area contributed by atoms with E-state index in [1.54, 1.807) is 11.3 Å². The Morgan fingerprint density at radius 1 is 1.26 bits per heavy atom. The fraction of sp³-hybridized carbons (Fsp3) is 0.812. The molecule has 1 aromatic rings. The van der Waals surface area contributed by atoms with Crippen LogP contribution in [0, 0.1) is 18.3 Å². The molecule has 1 aromatic heterocycles. The maximum Gasteiger partial charge on any atom is 0.107 e. The van der Waals surface area contributed by atoms with Gasteiger partial charge >= 0.3 is 0 Å². The Balaban J connectivity index is 1.80. The molecule has 2 unspecified atom stereocenters. The van der Waals surface area contributed by atoms with Gasteiger partial charge in [0, 0.05) is 23.7 Å². The molecule has 0 amide bonds. The van der Waals surface area contributed by atoms with Crippen LogP contribution in [0.25, 0.3) is 0 Å². The molecule has 1 aliphatic rings. The van der Waals surface area contributed by atoms with Gasteiger partial charge in [-0.2, -0.15) is 0 Å². The summed E-state index contributed by atoms with van der Waals surface area (Å²) in [5.41, 5.74) is 1.62. The van der Waals surface area contributed by atoms with Crippen molar-refractivity contribution in [2.45, 2.75) is 72.4 Å². The summed E-state index contributed by atoms with van der Waals surface area (Å²) in [6.45, 7) is 10.2. The second kappa shape index (κ2) is 6.36. The highest BCUT2D eigenvalue weighted by molar-refractivity contribution is 7.09. The van der Waals surface area contributed by atoms with Gasteiger partial charge in [0.05, 0.1) is 0 Å². The maximum absolute atomic E-state index is 4.53. The molecule has 0 bridgehead atoms. The summed E-state index contributed by atoms with van der Waals surface area (Å²) in [5.74, 6) is 0.890. The molecular weight excluding hydrogens is 252 g/mol. The Morgan fingerprint density at radius 3 is 2.68 bits per heavy atom. The fourth-order valence-corrected chi connectivity index (χ4v) is 3.81. The van der Waals surface area contributed by atoms with E-state index < -0.39 is 0 Å². The topological polar surface area (TPSA) is 24.9 Å². The van der Waals surface area contributed by atoms with Crippen molar-refractivity contribution < 1.29 is 0 Å². The highest BCUT2D eigenvalue weighted by Crippen LogP contribution is 2.36. The summed E-state index contributed by atoms with van der Waals surface area (Å²) < 4.78 is 0. The molecule has 2 atom stereocenters. The SMILES string of the molecule is Cc1csc(CNC2CCCC(C(C)(C)C)CC2)n1. The minimum absolute atomic E-state index is 0.474. The third kappa shape index (κ3) is 4.57. The number of hydrogen-bond donors (Lipinski definition) is 1. The molecule has 0 radical (unpaired) electrons. The third-order valence-electron chi connectivity index (χ3n) is 4.40. The largest absolute Gasteiger partial charge is 0.308 e. The van der Waals surface area contributed by atoms with E-state index >= 15 is 0 Å². The lowest BCUT2D eigenvalue weighted by Gasteiger charge is -2.29. The molecule has 1 fully saturated rings. The lowest BCUT2D eigenvalue weighted by Crippen LogP contribution is -2.28. The number of aromatic nitrogens is 1. The zero-order valence-electron chi connectivity index (χ0n) is 12.8. The summed E-state index contributed by atoms with van der Waals surface area (Å²) in [7, 11) is 0. The van der Waals surface area contributed by atoms with Crippen LogP contribution in [-0.4, -0.2) is 11.0 Å². The predicted molar refractivity (Wildman–Crippen MR) is 83.5 cm³/mol. The minimum atomic E-state index is 0.474. The molecule has 0 aliphatic heterocycles. The molecule has 2 nitrogen and oxygen atoms in total. The van der Waals surface area contributed by atoms with Gasteiger partial charge in [-0.1, -0.05) is 27.2 Å². The number of nitrogens with zero attached hydrogens (tertiary/aromatic N) is 1. The molecule has 1 saturated carbocycles. The summed E-state index contributed by atoms with van der Waals surface area (Å²) in [6, 6.07) is 0.691. The average Bonchev–Trinajstić information content (AvgIpc) is 2.61. The zero-order valence-corrected chi connectivity index (χ0v) is 13.6. The van der Waals surface area contributed by atoms with E-state index in [9.17, 15) is 0 Å². The van der Waals surface area contributed by atoms with Crippen molar-refractivity contribution in [3.63, 3.8) is 0 Å². The van der Waals surface area contributed by atoms with Crippen molar-refractivity contribution in [3.05, 3.63) is 16.1 Å². The third-order valence-corrected chi connectivity index (χ3v) is 5.37. The molecule has 1 aliphatic carbocycles. The second-order valence-electron chi connectivity index (χ2n) is 7.03. The van der Waals surface area contributed by atoms with E-state index in [0.29, 0.717) is 11.5 Å². The first-order chi connectivity index (χ1) is 8.95. The minimum Gasteiger partial charge on any atom is -0.308 e. The van der Waals surface area contributed by atoms with Crippen LogP contribution in [0.2, 0.25) is 0 Å². The van der Waals surface area contributed by atoms with Crippen molar-refractivity contribution in [3.8, 4) is 0 Å². The van der Waals surface area contributed by atoms with E-state index in [1.807, 2.05) is 0 Å². The van der Waals surface area contributed by atoms with E-state index in [0.717, 1.165) is 18.2 Å². The molecule has 1 N–H and O–H groups in total. The number of hydrogen-bond acceptors (Lipinski definition) is 3. The van der Waals surface area contributed by atoms with Crippen LogP contribution in [0.4, 0.5) is 0 Å². The molecule has 0 aromatic carbocycles. The van der Waals surface area contributed by atoms with Gasteiger partial charge in [-0.3, -0.25) is 0 Å². The van der Waals surface area contributed by atoms with Crippen molar-refractivity contribution in [1.29, 1.82) is 0 Å². The van der Waals surface area contributed by atoms with Gasteiger partial charge in [-0.15, -0.1) is 11.3 Å². The lowest BCUT2D eigenvalue weighted by atomic mass is 9.76. The van der Waals surface area contributed by atoms with Crippen molar-refractivity contribution in [1.82, 2.24) is 10.3 Å². The van der Waals surface area contributed by atoms with E-state index in [-0.39, 0.29) is 0 Å². The highest BCUT2D eigenvalue weighted by Gasteiger charge is 2.27. The van der Waals surface area contributed by atoms with Crippen LogP contribution in [-0.2, 0) is 6.54 Å². The van der Waals surface area contributed by atoms with Gasteiger partial charge in [0.25, 0.3) is 0 Å². The molecule has 1 heterocycles. The zero-order chi connectivity index (χ0) is 13.9. The molecule has 0 spiro atoms. The van der Waals surface area contributed by atoms with Crippen LogP contribution < -0.4 is 5.32 Å². The van der Waals surface area contributed by atoms with Gasteiger partial charge in [-0.25, -0.2) is 4.98 Å². The van der Waals surface area contributed by atoms with Gasteiger partial charge in [-0.05, 0) is 43.9 Å². The number of rotatable bonds is 3. The van der Waals surface area contributed by atoms with Crippen LogP contribution >= 0.6 is 11.3 Å². The average molecular weight is 280 g/mol. The Labute approximate surface area is 122 Å². The van der Waals surface area contributed by atoms with Crippen molar-refractivity contribution in [2.75, 3.05) is 0 Å². The standard InChI is InChI=1S/C16H28N2S/c1-12-11-19-15(18-12)10-17-14-7-5-6-13(8-9-14)16(2,3)4/h11,13-14,17H,5-10H2,1-4H3. The summed E-state index contributed by atoms with van der Waals surface area (Å²) in [6.07, 6.45) is 6.80. The molecule has 19 heavy (non-hydrogen) atoms. The van der Waals surface area contributed by atoms with E-state index in [1.165, 1.54) is 37.1 Å². The Hall–Kier alpha value is -0.410. The van der Waals surface area contributed by atoms with Gasteiger partial charge < -0.3 is 5.32 Å². The monoisotopic (exact) mass is 280 g/mol. The van der Waals surface area contributed by atoms with Gasteiger partial charge in [0.1, 0.15) is 5.01 Å². The smallest absolute Gasteiger partial charge is 0.107 e. The van der Waals surface area contributed by atoms with Crippen LogP contribution in [0.15, 0.2) is 5.38 Å². The van der Waals surface area contributed by atoms with Gasteiger partial charge in [0.2, 0.25) is 0 Å². The predicted octanol–water partition coefficient (Wildman–Crippen LogP) is 4.54. The van der Waals surface area contributed by atoms with Crippen LogP contribution in [0.1, 0.15) is 63.6 Å². The molecular formula is C16H28N2S. The molecule has 108 valence electrons. The van der Waals surface area contributed by atoms with Crippen LogP contribution in [0.3, 0.4) is 0 Å². The molecule has 2 rings (SSSR count). The quantitative estimate of drug-likeness (QED) is 0.822. The van der Waals surface area contributed by atoms with Crippen molar-refractivity contribution >= 4 is 11.3 Å². The number of thiazole rings is 1. The Kier molecular flexibility index (Phi) is 5.02. The Morgan fingerprint density at radius 2 is 2.05 bits per heavy atom. The fourth-order valence-electron chi connectivity index (χ4n) is 3.09. The first-order valence-corrected chi connectivity index (χ1v) is 8.47. The van der Waals surface area contributed by atoms with E-state index in [4.69, 9.17) is 0 Å². The summed E-state index contributed by atoms with van der Waals surface area (Å²) >= 11 is 1.77. The second-order valence-corrected chi connectivity index (χ2v) is 7.97. The van der Waals surface area contributed by atoms with Crippen molar-refractivity contribution in [2.24, 2.45) is 11.3 Å². The highest BCUT2D eigenvalue weighted by atomic mass is 32.1. The first-order valence-electron chi connectivity index (χ1n) is 7.59. The molecule has 3 heteroatoms. The van der Waals surface area contributed by atoms with E-state index in [2.05, 4.69) is 43.4 Å². The number of aryl methyl sites for hydroxylation is 1. The normalized spacial score (nSPS) is 25.3. The van der Waals surface area contributed by atoms with Crippen LogP contribution in [0.5, 0.6) is 0 Å². The maximum atomic E-state index is 4.53. The summed E-state index contributed by atoms with van der Waals surface area (Å²) in [5, 5.41) is 7.08. The number of nitrogens with one attached hydrogen (secondary N) is 1. The molecule has 0 saturated heterocycles. The Bertz CT molecular complexity index is 392. The van der Waals surface area contributed by atoms with Gasteiger partial charge in [0.15, 0.2) is 0 Å². The summed E-state index contributed by atoms with van der Waals surface area (Å²) in [4.78, 5) is 4.53. The first kappa shape index (κ1) is 15.0. The lowest BCUT2D eigenvalue weighted by molar-refractivity contribution is 0.213.